The van der Waals surface area contributed by atoms with Gasteiger partial charge in [0, 0.05) is 35.4 Å². The number of carboxylic acids is 1. The second-order valence-corrected chi connectivity index (χ2v) is 11.4. The summed E-state index contributed by atoms with van der Waals surface area (Å²) in [6.45, 7) is 3.72. The van der Waals surface area contributed by atoms with Gasteiger partial charge in [-0.2, -0.15) is 11.8 Å². The molecule has 0 saturated carbocycles. The van der Waals surface area contributed by atoms with E-state index in [0.29, 0.717) is 11.4 Å². The Kier molecular flexibility index (Phi) is 11.8. The van der Waals surface area contributed by atoms with Gasteiger partial charge in [0.05, 0.1) is 12.4 Å². The molecular formula is C28H39N7O5S. The Morgan fingerprint density at radius 2 is 1.66 bits per heavy atom. The number of rotatable bonds is 16. The number of thioether (sulfide) groups is 1. The first kappa shape index (κ1) is 31.7. The molecule has 222 valence electrons. The third-order valence-electron chi connectivity index (χ3n) is 6.63. The minimum Gasteiger partial charge on any atom is -0.480 e. The molecule has 0 bridgehead atoms. The predicted octanol–water partition coefficient (Wildman–Crippen LogP) is 1.34. The smallest absolute Gasteiger partial charge is 0.326 e. The molecule has 0 spiro atoms. The number of carboxylic acid groups (broad SMARTS) is 1. The molecule has 0 fully saturated rings. The molecule has 2 heterocycles. The van der Waals surface area contributed by atoms with Gasteiger partial charge in [0.2, 0.25) is 17.7 Å². The van der Waals surface area contributed by atoms with Crippen LogP contribution in [-0.4, -0.2) is 79.9 Å². The second kappa shape index (κ2) is 15.2. The SMILES string of the molecule is CSCCC(NC(=O)C(Cc1cnc[nH]1)NC(=O)C(N)Cc1c[nH]c2ccccc12)C(=O)NC(CC(C)C)C(=O)O. The normalized spacial score (nSPS) is 14.3. The van der Waals surface area contributed by atoms with E-state index in [-0.39, 0.29) is 31.6 Å². The summed E-state index contributed by atoms with van der Waals surface area (Å²) in [5.41, 5.74) is 8.67. The summed E-state index contributed by atoms with van der Waals surface area (Å²) in [7, 11) is 0. The molecule has 8 N–H and O–H groups in total. The molecular weight excluding hydrogens is 546 g/mol. The molecule has 2 aromatic heterocycles. The lowest BCUT2D eigenvalue weighted by atomic mass is 10.0. The Morgan fingerprint density at radius 1 is 0.976 bits per heavy atom. The first-order valence-corrected chi connectivity index (χ1v) is 14.9. The summed E-state index contributed by atoms with van der Waals surface area (Å²) < 4.78 is 0. The number of aromatic amines is 2. The van der Waals surface area contributed by atoms with Gasteiger partial charge in [-0.15, -0.1) is 0 Å². The van der Waals surface area contributed by atoms with Gasteiger partial charge >= 0.3 is 5.97 Å². The molecule has 0 aliphatic rings. The van der Waals surface area contributed by atoms with Crippen molar-refractivity contribution in [2.45, 2.75) is 63.7 Å². The molecule has 12 nitrogen and oxygen atoms in total. The van der Waals surface area contributed by atoms with Crippen LogP contribution in [0.3, 0.4) is 0 Å². The van der Waals surface area contributed by atoms with Gasteiger partial charge in [0.25, 0.3) is 0 Å². The second-order valence-electron chi connectivity index (χ2n) is 10.4. The van der Waals surface area contributed by atoms with E-state index in [2.05, 4.69) is 30.9 Å². The average Bonchev–Trinajstić information content (AvgIpc) is 3.59. The van der Waals surface area contributed by atoms with Crippen LogP contribution in [0, 0.1) is 5.92 Å². The van der Waals surface area contributed by atoms with Crippen molar-refractivity contribution in [2.24, 2.45) is 11.7 Å². The van der Waals surface area contributed by atoms with Crippen LogP contribution in [0.15, 0.2) is 43.0 Å². The maximum absolute atomic E-state index is 13.5. The minimum absolute atomic E-state index is 0.0399. The van der Waals surface area contributed by atoms with Crippen LogP contribution in [-0.2, 0) is 32.0 Å². The monoisotopic (exact) mass is 585 g/mol. The summed E-state index contributed by atoms with van der Waals surface area (Å²) in [5.74, 6) is -2.27. The number of benzene rings is 1. The number of para-hydroxylation sites is 1. The lowest BCUT2D eigenvalue weighted by molar-refractivity contribution is -0.142. The Balaban J connectivity index is 1.73. The average molecular weight is 586 g/mol. The summed E-state index contributed by atoms with van der Waals surface area (Å²) >= 11 is 1.49. The van der Waals surface area contributed by atoms with Crippen molar-refractivity contribution >= 4 is 46.4 Å². The number of fused-ring (bicyclic) bond motifs is 1. The van der Waals surface area contributed by atoms with Gasteiger partial charge < -0.3 is 36.8 Å². The van der Waals surface area contributed by atoms with E-state index in [1.807, 2.05) is 50.6 Å². The Hall–Kier alpha value is -3.84. The highest BCUT2D eigenvalue weighted by atomic mass is 32.2. The highest BCUT2D eigenvalue weighted by Gasteiger charge is 2.31. The fraction of sp³-hybridized carbons (Fsp3) is 0.464. The molecule has 3 aromatic rings. The Bertz CT molecular complexity index is 1310. The Labute approximate surface area is 243 Å². The first-order valence-electron chi connectivity index (χ1n) is 13.5. The van der Waals surface area contributed by atoms with Crippen molar-refractivity contribution in [1.82, 2.24) is 30.9 Å². The van der Waals surface area contributed by atoms with Crippen LogP contribution >= 0.6 is 11.8 Å². The van der Waals surface area contributed by atoms with E-state index in [1.54, 1.807) is 6.20 Å². The van der Waals surface area contributed by atoms with E-state index in [4.69, 9.17) is 5.73 Å². The third-order valence-corrected chi connectivity index (χ3v) is 7.27. The number of aromatic nitrogens is 3. The first-order chi connectivity index (χ1) is 19.6. The van der Waals surface area contributed by atoms with Crippen molar-refractivity contribution in [3.8, 4) is 0 Å². The molecule has 0 radical (unpaired) electrons. The zero-order valence-corrected chi connectivity index (χ0v) is 24.3. The number of nitrogens with one attached hydrogen (secondary N) is 5. The lowest BCUT2D eigenvalue weighted by Crippen LogP contribution is -2.58. The topological polar surface area (TPSA) is 195 Å². The predicted molar refractivity (Wildman–Crippen MR) is 158 cm³/mol. The largest absolute Gasteiger partial charge is 0.480 e. The molecule has 41 heavy (non-hydrogen) atoms. The molecule has 4 atom stereocenters. The summed E-state index contributed by atoms with van der Waals surface area (Å²) in [6, 6.07) is 3.61. The number of aliphatic carboxylic acids is 1. The number of nitrogens with two attached hydrogens (primary N) is 1. The van der Waals surface area contributed by atoms with Crippen LogP contribution in [0.4, 0.5) is 0 Å². The third kappa shape index (κ3) is 9.35. The Morgan fingerprint density at radius 3 is 2.32 bits per heavy atom. The maximum atomic E-state index is 13.5. The molecule has 3 amide bonds. The van der Waals surface area contributed by atoms with Gasteiger partial charge in [0.1, 0.15) is 18.1 Å². The van der Waals surface area contributed by atoms with Crippen LogP contribution in [0.2, 0.25) is 0 Å². The standard InChI is InChI=1S/C28H39N7O5S/c1-16(2)10-24(28(39)40)35-26(37)22(8-9-41-3)33-27(38)23(12-18-14-30-15-32-18)34-25(36)20(29)11-17-13-31-21-7-5-4-6-19(17)21/h4-7,13-16,20,22-24,31H,8-12,29H2,1-3H3,(H,30,32)(H,33,38)(H,34,36)(H,35,37)(H,39,40). The fourth-order valence-electron chi connectivity index (χ4n) is 4.48. The van der Waals surface area contributed by atoms with Gasteiger partial charge in [-0.3, -0.25) is 14.4 Å². The summed E-state index contributed by atoms with van der Waals surface area (Å²) in [4.78, 5) is 61.5. The number of amides is 3. The van der Waals surface area contributed by atoms with Gasteiger partial charge in [-0.25, -0.2) is 9.78 Å². The van der Waals surface area contributed by atoms with Crippen molar-refractivity contribution in [2.75, 3.05) is 12.0 Å². The van der Waals surface area contributed by atoms with Crippen LogP contribution < -0.4 is 21.7 Å². The molecule has 0 aliphatic carbocycles. The highest BCUT2D eigenvalue weighted by molar-refractivity contribution is 7.98. The number of nitrogens with zero attached hydrogens (tertiary/aromatic N) is 1. The number of imidazole rings is 1. The molecule has 4 unspecified atom stereocenters. The minimum atomic E-state index is -1.14. The van der Waals surface area contributed by atoms with Crippen molar-refractivity contribution in [3.63, 3.8) is 0 Å². The zero-order valence-electron chi connectivity index (χ0n) is 23.5. The molecule has 13 heteroatoms. The van der Waals surface area contributed by atoms with E-state index < -0.39 is 47.9 Å². The van der Waals surface area contributed by atoms with Crippen molar-refractivity contribution in [1.29, 1.82) is 0 Å². The van der Waals surface area contributed by atoms with Gasteiger partial charge in [0.15, 0.2) is 0 Å². The zero-order chi connectivity index (χ0) is 29.9. The van der Waals surface area contributed by atoms with Crippen molar-refractivity contribution in [3.05, 3.63) is 54.2 Å². The number of carbonyl (C=O) groups is 4. The number of H-pyrrole nitrogens is 2. The number of hydrogen-bond acceptors (Lipinski definition) is 7. The van der Waals surface area contributed by atoms with E-state index in [1.165, 1.54) is 18.1 Å². The molecule has 3 rings (SSSR count). The quantitative estimate of drug-likeness (QED) is 0.131. The van der Waals surface area contributed by atoms with E-state index in [0.717, 1.165) is 16.5 Å². The molecule has 1 aromatic carbocycles. The number of carbonyl (C=O) groups excluding carboxylic acids is 3. The summed E-state index contributed by atoms with van der Waals surface area (Å²) in [5, 5.41) is 18.5. The maximum Gasteiger partial charge on any atom is 0.326 e. The molecule has 0 saturated heterocycles. The molecule has 0 aliphatic heterocycles. The van der Waals surface area contributed by atoms with Gasteiger partial charge in [-0.1, -0.05) is 32.0 Å². The lowest BCUT2D eigenvalue weighted by Gasteiger charge is -2.25. The number of hydrogen-bond donors (Lipinski definition) is 7. The fourth-order valence-corrected chi connectivity index (χ4v) is 4.95. The van der Waals surface area contributed by atoms with Crippen LogP contribution in [0.5, 0.6) is 0 Å². The highest BCUT2D eigenvalue weighted by Crippen LogP contribution is 2.19. The summed E-state index contributed by atoms with van der Waals surface area (Å²) in [6.07, 6.45) is 7.54. The van der Waals surface area contributed by atoms with Crippen LogP contribution in [0.25, 0.3) is 10.9 Å². The van der Waals surface area contributed by atoms with E-state index >= 15 is 0 Å². The van der Waals surface area contributed by atoms with E-state index in [9.17, 15) is 24.3 Å². The van der Waals surface area contributed by atoms with Gasteiger partial charge in [-0.05, 0) is 48.8 Å². The van der Waals surface area contributed by atoms with Crippen molar-refractivity contribution < 1.29 is 24.3 Å². The van der Waals surface area contributed by atoms with Crippen LogP contribution in [0.1, 0.15) is 37.9 Å².